The van der Waals surface area contributed by atoms with Gasteiger partial charge in [0.1, 0.15) is 12.4 Å². The van der Waals surface area contributed by atoms with Crippen LogP contribution in [0, 0.1) is 6.92 Å². The maximum atomic E-state index is 13.1. The third-order valence-electron chi connectivity index (χ3n) is 4.83. The standard InChI is InChI=1S/C24H26N2O4S/c1-18-10-7-8-15-23(18)26(3)31(28,29)22-14-9-11-20(16-22)24(27)25-19(2)17-30-21-12-5-4-6-13-21/h4-16,19H,17H2,1-3H3,(H,25,27). The summed E-state index contributed by atoms with van der Waals surface area (Å²) in [6.45, 7) is 3.97. The number of para-hydroxylation sites is 2. The summed E-state index contributed by atoms with van der Waals surface area (Å²) < 4.78 is 33.1. The van der Waals surface area contributed by atoms with E-state index < -0.39 is 10.0 Å². The van der Waals surface area contributed by atoms with Gasteiger partial charge >= 0.3 is 0 Å². The smallest absolute Gasteiger partial charge is 0.264 e. The molecule has 0 saturated carbocycles. The van der Waals surface area contributed by atoms with Crippen molar-refractivity contribution in [3.8, 4) is 5.75 Å². The Kier molecular flexibility index (Phi) is 6.97. The number of nitrogens with one attached hydrogen (secondary N) is 1. The van der Waals surface area contributed by atoms with E-state index in [0.717, 1.165) is 11.3 Å². The fourth-order valence-corrected chi connectivity index (χ4v) is 4.40. The molecule has 0 saturated heterocycles. The second kappa shape index (κ2) is 9.66. The number of nitrogens with zero attached hydrogens (tertiary/aromatic N) is 1. The molecule has 0 heterocycles. The average Bonchev–Trinajstić information content (AvgIpc) is 2.78. The maximum absolute atomic E-state index is 13.1. The number of benzene rings is 3. The molecule has 0 fully saturated rings. The summed E-state index contributed by atoms with van der Waals surface area (Å²) in [5.41, 5.74) is 1.70. The molecule has 0 spiro atoms. The predicted molar refractivity (Wildman–Crippen MR) is 122 cm³/mol. The first-order chi connectivity index (χ1) is 14.8. The minimum absolute atomic E-state index is 0.0547. The van der Waals surface area contributed by atoms with Crippen molar-refractivity contribution in [2.24, 2.45) is 0 Å². The highest BCUT2D eigenvalue weighted by Gasteiger charge is 2.23. The molecule has 31 heavy (non-hydrogen) atoms. The number of ether oxygens (including phenoxy) is 1. The number of anilines is 1. The molecule has 0 aliphatic carbocycles. The molecule has 0 aliphatic heterocycles. The molecular weight excluding hydrogens is 412 g/mol. The van der Waals surface area contributed by atoms with Gasteiger partial charge in [-0.25, -0.2) is 8.42 Å². The van der Waals surface area contributed by atoms with Crippen LogP contribution >= 0.6 is 0 Å². The van der Waals surface area contributed by atoms with Crippen molar-refractivity contribution in [1.82, 2.24) is 5.32 Å². The SMILES string of the molecule is Cc1ccccc1N(C)S(=O)(=O)c1cccc(C(=O)NC(C)COc2ccccc2)c1. The number of hydrogen-bond donors (Lipinski definition) is 1. The Morgan fingerprint density at radius 2 is 1.68 bits per heavy atom. The molecule has 1 atom stereocenters. The Labute approximate surface area is 183 Å². The van der Waals surface area contributed by atoms with Crippen molar-refractivity contribution < 1.29 is 17.9 Å². The molecule has 0 aromatic heterocycles. The van der Waals surface area contributed by atoms with Crippen molar-refractivity contribution in [3.63, 3.8) is 0 Å². The number of amides is 1. The summed E-state index contributed by atoms with van der Waals surface area (Å²) in [5.74, 6) is 0.357. The van der Waals surface area contributed by atoms with Gasteiger partial charge in [0.15, 0.2) is 0 Å². The second-order valence-corrected chi connectivity index (χ2v) is 9.25. The lowest BCUT2D eigenvalue weighted by molar-refractivity contribution is 0.0926. The zero-order chi connectivity index (χ0) is 22.4. The number of sulfonamides is 1. The zero-order valence-corrected chi connectivity index (χ0v) is 18.6. The molecule has 3 aromatic rings. The van der Waals surface area contributed by atoms with Crippen LogP contribution in [0.3, 0.4) is 0 Å². The van der Waals surface area contributed by atoms with Gasteiger partial charge in [0.05, 0.1) is 16.6 Å². The van der Waals surface area contributed by atoms with Gasteiger partial charge < -0.3 is 10.1 Å². The average molecular weight is 439 g/mol. The van der Waals surface area contributed by atoms with Crippen LogP contribution in [0.1, 0.15) is 22.8 Å². The monoisotopic (exact) mass is 438 g/mol. The number of carbonyl (C=O) groups is 1. The zero-order valence-electron chi connectivity index (χ0n) is 17.8. The fourth-order valence-electron chi connectivity index (χ4n) is 3.09. The maximum Gasteiger partial charge on any atom is 0.264 e. The molecular formula is C24H26N2O4S. The van der Waals surface area contributed by atoms with Gasteiger partial charge in [-0.3, -0.25) is 9.10 Å². The van der Waals surface area contributed by atoms with Gasteiger partial charge in [-0.2, -0.15) is 0 Å². The van der Waals surface area contributed by atoms with Gasteiger partial charge in [-0.15, -0.1) is 0 Å². The van der Waals surface area contributed by atoms with E-state index in [-0.39, 0.29) is 22.4 Å². The van der Waals surface area contributed by atoms with E-state index in [1.165, 1.54) is 23.5 Å². The van der Waals surface area contributed by atoms with E-state index in [1.54, 1.807) is 24.3 Å². The lowest BCUT2D eigenvalue weighted by Crippen LogP contribution is -2.37. The molecule has 7 heteroatoms. The Morgan fingerprint density at radius 1 is 1.00 bits per heavy atom. The molecule has 6 nitrogen and oxygen atoms in total. The van der Waals surface area contributed by atoms with Crippen molar-refractivity contribution in [1.29, 1.82) is 0 Å². The largest absolute Gasteiger partial charge is 0.491 e. The number of rotatable bonds is 8. The van der Waals surface area contributed by atoms with Crippen molar-refractivity contribution >= 4 is 21.6 Å². The van der Waals surface area contributed by atoms with E-state index in [1.807, 2.05) is 56.3 Å². The van der Waals surface area contributed by atoms with Gasteiger partial charge in [-0.1, -0.05) is 42.5 Å². The van der Waals surface area contributed by atoms with E-state index in [9.17, 15) is 13.2 Å². The first-order valence-electron chi connectivity index (χ1n) is 9.92. The van der Waals surface area contributed by atoms with E-state index in [4.69, 9.17) is 4.74 Å². The van der Waals surface area contributed by atoms with Crippen LogP contribution in [0.15, 0.2) is 83.8 Å². The quantitative estimate of drug-likeness (QED) is 0.576. The first-order valence-corrected chi connectivity index (χ1v) is 11.4. The third kappa shape index (κ3) is 5.44. The molecule has 1 amide bonds. The summed E-state index contributed by atoms with van der Waals surface area (Å²) in [6.07, 6.45) is 0. The topological polar surface area (TPSA) is 75.7 Å². The van der Waals surface area contributed by atoms with Crippen molar-refractivity contribution in [2.75, 3.05) is 18.0 Å². The lowest BCUT2D eigenvalue weighted by atomic mass is 10.2. The Bertz CT molecular complexity index is 1150. The summed E-state index contributed by atoms with van der Waals surface area (Å²) in [4.78, 5) is 12.7. The Morgan fingerprint density at radius 3 is 2.39 bits per heavy atom. The number of hydrogen-bond acceptors (Lipinski definition) is 4. The molecule has 0 bridgehead atoms. The molecule has 1 unspecified atom stereocenters. The van der Waals surface area contributed by atoms with Crippen molar-refractivity contribution in [2.45, 2.75) is 24.8 Å². The number of aryl methyl sites for hydroxylation is 1. The van der Waals surface area contributed by atoms with Gasteiger partial charge in [0.2, 0.25) is 0 Å². The summed E-state index contributed by atoms with van der Waals surface area (Å²) in [7, 11) is -2.31. The van der Waals surface area contributed by atoms with Gasteiger partial charge in [0.25, 0.3) is 15.9 Å². The van der Waals surface area contributed by atoms with E-state index in [0.29, 0.717) is 12.3 Å². The molecule has 162 valence electrons. The minimum Gasteiger partial charge on any atom is -0.491 e. The first kappa shape index (κ1) is 22.4. The normalized spacial score (nSPS) is 12.1. The van der Waals surface area contributed by atoms with Crippen molar-refractivity contribution in [3.05, 3.63) is 90.0 Å². The highest BCUT2D eigenvalue weighted by atomic mass is 32.2. The molecule has 0 aliphatic rings. The van der Waals surface area contributed by atoms with Crippen LogP contribution < -0.4 is 14.4 Å². The fraction of sp³-hybridized carbons (Fsp3) is 0.208. The van der Waals surface area contributed by atoms with Gasteiger partial charge in [0, 0.05) is 12.6 Å². The predicted octanol–water partition coefficient (Wildman–Crippen LogP) is 4.02. The Hall–Kier alpha value is -3.32. The Balaban J connectivity index is 1.71. The molecule has 3 aromatic carbocycles. The molecule has 0 radical (unpaired) electrons. The highest BCUT2D eigenvalue weighted by molar-refractivity contribution is 7.92. The van der Waals surface area contributed by atoms with Crippen LogP contribution in [0.5, 0.6) is 5.75 Å². The third-order valence-corrected chi connectivity index (χ3v) is 6.60. The van der Waals surface area contributed by atoms with Gasteiger partial charge in [-0.05, 0) is 55.8 Å². The summed E-state index contributed by atoms with van der Waals surface area (Å²) >= 11 is 0. The summed E-state index contributed by atoms with van der Waals surface area (Å²) in [5, 5.41) is 2.84. The second-order valence-electron chi connectivity index (χ2n) is 7.29. The highest BCUT2D eigenvalue weighted by Crippen LogP contribution is 2.25. The molecule has 1 N–H and O–H groups in total. The van der Waals surface area contributed by atoms with Crippen LogP contribution in [-0.2, 0) is 10.0 Å². The van der Waals surface area contributed by atoms with Crippen LogP contribution in [-0.4, -0.2) is 34.0 Å². The van der Waals surface area contributed by atoms with E-state index in [2.05, 4.69) is 5.32 Å². The van der Waals surface area contributed by atoms with Crippen LogP contribution in [0.25, 0.3) is 0 Å². The number of carbonyl (C=O) groups excluding carboxylic acids is 1. The summed E-state index contributed by atoms with van der Waals surface area (Å²) in [6, 6.07) is 22.3. The van der Waals surface area contributed by atoms with E-state index >= 15 is 0 Å². The minimum atomic E-state index is -3.82. The molecule has 3 rings (SSSR count). The lowest BCUT2D eigenvalue weighted by Gasteiger charge is -2.21. The van der Waals surface area contributed by atoms with Crippen LogP contribution in [0.4, 0.5) is 5.69 Å². The van der Waals surface area contributed by atoms with Crippen LogP contribution in [0.2, 0.25) is 0 Å².